The maximum Gasteiger partial charge on any atom is 0.106 e. The largest absolute Gasteiger partial charge is 0.399 e. The summed E-state index contributed by atoms with van der Waals surface area (Å²) in [5.74, 6) is 0. The second kappa shape index (κ2) is 5.88. The molecular weight excluding hydrogens is 200 g/mol. The van der Waals surface area contributed by atoms with Gasteiger partial charge in [0.05, 0.1) is 0 Å². The second-order valence-corrected chi connectivity index (χ2v) is 3.38. The van der Waals surface area contributed by atoms with Crippen LogP contribution in [0.5, 0.6) is 0 Å². The second-order valence-electron chi connectivity index (χ2n) is 3.38. The van der Waals surface area contributed by atoms with E-state index in [9.17, 15) is 5.11 Å². The molecular formula is C13H16N2O. The fourth-order valence-electron chi connectivity index (χ4n) is 1.42. The Morgan fingerprint density at radius 2 is 2.31 bits per heavy atom. The molecule has 0 aliphatic carbocycles. The Balaban J connectivity index is 3.03. The van der Waals surface area contributed by atoms with E-state index in [0.29, 0.717) is 11.3 Å². The lowest BCUT2D eigenvalue weighted by molar-refractivity contribution is 0.219. The number of benzene rings is 1. The first-order chi connectivity index (χ1) is 7.69. The van der Waals surface area contributed by atoms with E-state index in [2.05, 4.69) is 11.7 Å². The minimum atomic E-state index is -0.731. The highest BCUT2D eigenvalue weighted by Gasteiger charge is 2.10. The molecule has 0 aliphatic rings. The smallest absolute Gasteiger partial charge is 0.106 e. The third-order valence-electron chi connectivity index (χ3n) is 2.14. The molecule has 0 saturated carbocycles. The number of allylic oxidation sites excluding steroid dienone is 1. The lowest BCUT2D eigenvalue weighted by atomic mass is 10.0. The predicted octanol–water partition coefficient (Wildman–Crippen LogP) is 2.46. The molecule has 3 heteroatoms. The first kappa shape index (κ1) is 12.2. The van der Waals surface area contributed by atoms with E-state index >= 15 is 0 Å². The summed E-state index contributed by atoms with van der Waals surface area (Å²) < 4.78 is 0. The zero-order valence-corrected chi connectivity index (χ0v) is 9.30. The van der Waals surface area contributed by atoms with E-state index < -0.39 is 6.10 Å². The number of aliphatic imine (C=N–C) groups is 1. The van der Waals surface area contributed by atoms with E-state index in [4.69, 9.17) is 5.73 Å². The quantitative estimate of drug-likeness (QED) is 0.461. The van der Waals surface area contributed by atoms with Crippen molar-refractivity contribution in [3.8, 4) is 0 Å². The van der Waals surface area contributed by atoms with Gasteiger partial charge in [-0.25, -0.2) is 0 Å². The fraction of sp³-hybridized carbons (Fsp3) is 0.154. The van der Waals surface area contributed by atoms with Gasteiger partial charge in [-0.1, -0.05) is 24.3 Å². The molecule has 16 heavy (non-hydrogen) atoms. The van der Waals surface area contributed by atoms with Gasteiger partial charge < -0.3 is 10.8 Å². The van der Waals surface area contributed by atoms with Gasteiger partial charge in [-0.2, -0.15) is 0 Å². The standard InChI is InChI=1S/C13H16N2O/c1-3-5-11(9-15-2)13(16)10-6-4-7-12(14)8-10/h3-9,13,16H,2,14H2,1H3/b5-3-,11-9+. The molecule has 0 saturated heterocycles. The van der Waals surface area contributed by atoms with Gasteiger partial charge in [0.15, 0.2) is 0 Å². The normalized spacial score (nSPS) is 14.0. The summed E-state index contributed by atoms with van der Waals surface area (Å²) in [6.07, 6.45) is 4.44. The van der Waals surface area contributed by atoms with Crippen LogP contribution in [0.2, 0.25) is 0 Å². The summed E-state index contributed by atoms with van der Waals surface area (Å²) in [6, 6.07) is 7.15. The van der Waals surface area contributed by atoms with Crippen molar-refractivity contribution in [1.29, 1.82) is 0 Å². The molecule has 1 unspecified atom stereocenters. The number of anilines is 1. The lowest BCUT2D eigenvalue weighted by Gasteiger charge is -2.12. The molecule has 84 valence electrons. The molecule has 0 spiro atoms. The molecule has 0 amide bonds. The van der Waals surface area contributed by atoms with Crippen LogP contribution in [-0.2, 0) is 0 Å². The Kier molecular flexibility index (Phi) is 4.48. The number of nitrogens with two attached hydrogens (primary N) is 1. The van der Waals surface area contributed by atoms with Crippen LogP contribution in [0.25, 0.3) is 0 Å². The molecule has 0 aromatic heterocycles. The summed E-state index contributed by atoms with van der Waals surface area (Å²) in [5.41, 5.74) is 7.71. The number of nitrogen functional groups attached to an aromatic ring is 1. The number of hydrogen-bond acceptors (Lipinski definition) is 3. The van der Waals surface area contributed by atoms with E-state index in [1.165, 1.54) is 6.20 Å². The maximum absolute atomic E-state index is 10.1. The van der Waals surface area contributed by atoms with Crippen molar-refractivity contribution in [2.24, 2.45) is 4.99 Å². The van der Waals surface area contributed by atoms with Crippen molar-refractivity contribution in [2.75, 3.05) is 5.73 Å². The van der Waals surface area contributed by atoms with Gasteiger partial charge in [0, 0.05) is 17.5 Å². The van der Waals surface area contributed by atoms with Crippen LogP contribution in [0, 0.1) is 0 Å². The monoisotopic (exact) mass is 216 g/mol. The Labute approximate surface area is 95.6 Å². The summed E-state index contributed by atoms with van der Waals surface area (Å²) in [5, 5.41) is 10.1. The van der Waals surface area contributed by atoms with E-state index in [-0.39, 0.29) is 0 Å². The number of aliphatic hydroxyl groups is 1. The van der Waals surface area contributed by atoms with Gasteiger partial charge in [0.1, 0.15) is 6.10 Å². The van der Waals surface area contributed by atoms with Crippen LogP contribution in [0.3, 0.4) is 0 Å². The minimum Gasteiger partial charge on any atom is -0.399 e. The number of rotatable bonds is 4. The fourth-order valence-corrected chi connectivity index (χ4v) is 1.42. The average Bonchev–Trinajstić information content (AvgIpc) is 2.28. The van der Waals surface area contributed by atoms with Crippen LogP contribution in [0.15, 0.2) is 53.2 Å². The van der Waals surface area contributed by atoms with Gasteiger partial charge >= 0.3 is 0 Å². The Morgan fingerprint density at radius 3 is 2.88 bits per heavy atom. The first-order valence-electron chi connectivity index (χ1n) is 5.01. The van der Waals surface area contributed by atoms with Crippen molar-refractivity contribution in [3.05, 3.63) is 53.8 Å². The highest BCUT2D eigenvalue weighted by molar-refractivity contribution is 5.44. The van der Waals surface area contributed by atoms with Gasteiger partial charge in [-0.15, -0.1) is 0 Å². The molecule has 0 radical (unpaired) electrons. The van der Waals surface area contributed by atoms with E-state index in [0.717, 1.165) is 5.56 Å². The van der Waals surface area contributed by atoms with Crippen LogP contribution in [0.1, 0.15) is 18.6 Å². The summed E-state index contributed by atoms with van der Waals surface area (Å²) in [6.45, 7) is 5.26. The predicted molar refractivity (Wildman–Crippen MR) is 68.3 cm³/mol. The SMILES string of the molecule is C=N/C=C(\C=C/C)C(O)c1cccc(N)c1. The van der Waals surface area contributed by atoms with Crippen molar-refractivity contribution in [3.63, 3.8) is 0 Å². The summed E-state index contributed by atoms with van der Waals surface area (Å²) in [4.78, 5) is 3.67. The van der Waals surface area contributed by atoms with Crippen molar-refractivity contribution < 1.29 is 5.11 Å². The molecule has 0 aliphatic heterocycles. The Bertz CT molecular complexity index is 422. The molecule has 1 rings (SSSR count). The summed E-state index contributed by atoms with van der Waals surface area (Å²) >= 11 is 0. The van der Waals surface area contributed by atoms with E-state index in [1.807, 2.05) is 25.1 Å². The van der Waals surface area contributed by atoms with Crippen molar-refractivity contribution in [1.82, 2.24) is 0 Å². The third kappa shape index (κ3) is 3.07. The lowest BCUT2D eigenvalue weighted by Crippen LogP contribution is -2.00. The molecule has 3 nitrogen and oxygen atoms in total. The highest BCUT2D eigenvalue weighted by atomic mass is 16.3. The van der Waals surface area contributed by atoms with Gasteiger partial charge in [-0.3, -0.25) is 4.99 Å². The first-order valence-corrected chi connectivity index (χ1v) is 5.01. The number of hydrogen-bond donors (Lipinski definition) is 2. The van der Waals surface area contributed by atoms with Crippen LogP contribution in [0.4, 0.5) is 5.69 Å². The van der Waals surface area contributed by atoms with Gasteiger partial charge in [0.25, 0.3) is 0 Å². The number of aliphatic hydroxyl groups excluding tert-OH is 1. The Morgan fingerprint density at radius 1 is 1.56 bits per heavy atom. The topological polar surface area (TPSA) is 58.6 Å². The molecule has 1 aromatic rings. The van der Waals surface area contributed by atoms with Gasteiger partial charge in [0.2, 0.25) is 0 Å². The van der Waals surface area contributed by atoms with Crippen molar-refractivity contribution in [2.45, 2.75) is 13.0 Å². The molecule has 1 aromatic carbocycles. The minimum absolute atomic E-state index is 0.628. The highest BCUT2D eigenvalue weighted by Crippen LogP contribution is 2.24. The van der Waals surface area contributed by atoms with Crippen LogP contribution in [-0.4, -0.2) is 11.8 Å². The molecule has 0 heterocycles. The molecule has 1 atom stereocenters. The molecule has 0 fully saturated rings. The molecule has 0 bridgehead atoms. The summed E-state index contributed by atoms with van der Waals surface area (Å²) in [7, 11) is 0. The van der Waals surface area contributed by atoms with Crippen LogP contribution < -0.4 is 5.73 Å². The third-order valence-corrected chi connectivity index (χ3v) is 2.14. The zero-order chi connectivity index (χ0) is 12.0. The van der Waals surface area contributed by atoms with Crippen LogP contribution >= 0.6 is 0 Å². The Hall–Kier alpha value is -1.87. The van der Waals surface area contributed by atoms with E-state index in [1.54, 1.807) is 18.2 Å². The molecule has 3 N–H and O–H groups in total. The average molecular weight is 216 g/mol. The number of nitrogens with zero attached hydrogens (tertiary/aromatic N) is 1. The zero-order valence-electron chi connectivity index (χ0n) is 9.30. The van der Waals surface area contributed by atoms with Crippen molar-refractivity contribution >= 4 is 12.4 Å². The van der Waals surface area contributed by atoms with Gasteiger partial charge in [-0.05, 0) is 31.3 Å². The maximum atomic E-state index is 10.1.